The lowest BCUT2D eigenvalue weighted by atomic mass is 9.76. The topological polar surface area (TPSA) is 102 Å². The van der Waals surface area contributed by atoms with Crippen molar-refractivity contribution in [2.24, 2.45) is 5.73 Å². The molecule has 2 atom stereocenters. The third-order valence-electron chi connectivity index (χ3n) is 3.64. The average Bonchev–Trinajstić information content (AvgIpc) is 2.71. The van der Waals surface area contributed by atoms with Gasteiger partial charge in [0.05, 0.1) is 6.10 Å². The first kappa shape index (κ1) is 12.3. The first-order valence-electron chi connectivity index (χ1n) is 5.98. The molecule has 0 aromatic heterocycles. The minimum absolute atomic E-state index is 0.0760. The zero-order valence-electron chi connectivity index (χ0n) is 9.65. The monoisotopic (exact) mass is 242 g/mol. The number of carbonyl (C=O) groups excluding carboxylic acids is 1. The molecule has 1 heterocycles. The lowest BCUT2D eigenvalue weighted by Gasteiger charge is -2.38. The third kappa shape index (κ3) is 2.28. The molecular weight excluding hydrogens is 224 g/mol. The second kappa shape index (κ2) is 4.62. The van der Waals surface area contributed by atoms with Crippen LogP contribution < -0.4 is 11.1 Å². The second-order valence-corrected chi connectivity index (χ2v) is 4.79. The predicted octanol–water partition coefficient (Wildman–Crippen LogP) is -0.384. The largest absolute Gasteiger partial charge is 0.480 e. The van der Waals surface area contributed by atoms with E-state index in [-0.39, 0.29) is 12.0 Å². The maximum absolute atomic E-state index is 11.9. The summed E-state index contributed by atoms with van der Waals surface area (Å²) in [7, 11) is 0. The van der Waals surface area contributed by atoms with E-state index in [9.17, 15) is 9.59 Å². The molecule has 96 valence electrons. The van der Waals surface area contributed by atoms with Crippen LogP contribution in [0.15, 0.2) is 0 Å². The fourth-order valence-electron chi connectivity index (χ4n) is 2.31. The minimum atomic E-state index is -1.05. The highest BCUT2D eigenvalue weighted by Crippen LogP contribution is 2.32. The molecule has 0 radical (unpaired) electrons. The molecule has 1 saturated carbocycles. The van der Waals surface area contributed by atoms with Crippen LogP contribution in [0.1, 0.15) is 32.1 Å². The highest BCUT2D eigenvalue weighted by atomic mass is 16.5. The van der Waals surface area contributed by atoms with Crippen LogP contribution in [0.25, 0.3) is 0 Å². The van der Waals surface area contributed by atoms with Crippen molar-refractivity contribution in [2.45, 2.75) is 49.9 Å². The van der Waals surface area contributed by atoms with Gasteiger partial charge < -0.3 is 20.9 Å². The molecule has 0 bridgehead atoms. The Labute approximate surface area is 99.5 Å². The van der Waals surface area contributed by atoms with Crippen molar-refractivity contribution in [1.29, 1.82) is 0 Å². The van der Waals surface area contributed by atoms with Crippen LogP contribution >= 0.6 is 0 Å². The molecular formula is C11H18N2O4. The van der Waals surface area contributed by atoms with E-state index in [0.717, 1.165) is 12.8 Å². The Morgan fingerprint density at radius 1 is 1.41 bits per heavy atom. The molecule has 1 aliphatic carbocycles. The van der Waals surface area contributed by atoms with E-state index in [0.29, 0.717) is 25.8 Å². The molecule has 2 unspecified atom stereocenters. The molecule has 0 aromatic rings. The Balaban J connectivity index is 1.91. The van der Waals surface area contributed by atoms with Crippen LogP contribution in [0.4, 0.5) is 0 Å². The van der Waals surface area contributed by atoms with Gasteiger partial charge in [-0.15, -0.1) is 0 Å². The Morgan fingerprint density at radius 3 is 2.53 bits per heavy atom. The smallest absolute Gasteiger partial charge is 0.329 e. The molecule has 0 aromatic carbocycles. The first-order valence-corrected chi connectivity index (χ1v) is 5.98. The van der Waals surface area contributed by atoms with E-state index in [1.54, 1.807) is 0 Å². The number of aliphatic carboxylic acids is 1. The molecule has 4 N–H and O–H groups in total. The van der Waals surface area contributed by atoms with Gasteiger partial charge in [0, 0.05) is 6.54 Å². The molecule has 1 saturated heterocycles. The lowest BCUT2D eigenvalue weighted by Crippen LogP contribution is -2.60. The van der Waals surface area contributed by atoms with Crippen molar-refractivity contribution in [1.82, 2.24) is 5.32 Å². The summed E-state index contributed by atoms with van der Waals surface area (Å²) in [5, 5.41) is 11.7. The van der Waals surface area contributed by atoms with Crippen molar-refractivity contribution >= 4 is 11.9 Å². The number of hydrogen-bond donors (Lipinski definition) is 3. The van der Waals surface area contributed by atoms with Crippen molar-refractivity contribution in [3.8, 4) is 0 Å². The zero-order valence-corrected chi connectivity index (χ0v) is 9.65. The number of carboxylic acid groups (broad SMARTS) is 1. The van der Waals surface area contributed by atoms with Crippen LogP contribution in [0.5, 0.6) is 0 Å². The van der Waals surface area contributed by atoms with E-state index >= 15 is 0 Å². The maximum atomic E-state index is 11.9. The van der Waals surface area contributed by atoms with Gasteiger partial charge >= 0.3 is 5.97 Å². The SMILES string of the molecule is NCC1CCC(C(=O)NC2(C(=O)O)CCC2)O1. The average molecular weight is 242 g/mol. The number of ether oxygens (including phenoxy) is 1. The molecule has 2 fully saturated rings. The van der Waals surface area contributed by atoms with Gasteiger partial charge in [0.25, 0.3) is 0 Å². The maximum Gasteiger partial charge on any atom is 0.329 e. The van der Waals surface area contributed by atoms with E-state index < -0.39 is 17.6 Å². The van der Waals surface area contributed by atoms with Crippen molar-refractivity contribution in [3.63, 3.8) is 0 Å². The van der Waals surface area contributed by atoms with Crippen LogP contribution in [0, 0.1) is 0 Å². The molecule has 6 nitrogen and oxygen atoms in total. The van der Waals surface area contributed by atoms with Gasteiger partial charge in [-0.05, 0) is 32.1 Å². The standard InChI is InChI=1S/C11H18N2O4/c12-6-7-2-3-8(17-7)9(14)13-11(10(15)16)4-1-5-11/h7-8H,1-6,12H2,(H,13,14)(H,15,16). The van der Waals surface area contributed by atoms with Gasteiger partial charge in [0.15, 0.2) is 0 Å². The molecule has 17 heavy (non-hydrogen) atoms. The zero-order chi connectivity index (χ0) is 12.5. The van der Waals surface area contributed by atoms with Gasteiger partial charge in [0.1, 0.15) is 11.6 Å². The quantitative estimate of drug-likeness (QED) is 0.623. The van der Waals surface area contributed by atoms with Crippen LogP contribution in [-0.2, 0) is 14.3 Å². The summed E-state index contributed by atoms with van der Waals surface area (Å²) in [6, 6.07) is 0. The summed E-state index contributed by atoms with van der Waals surface area (Å²) in [6.07, 6.45) is 2.59. The number of nitrogens with one attached hydrogen (secondary N) is 1. The minimum Gasteiger partial charge on any atom is -0.480 e. The highest BCUT2D eigenvalue weighted by Gasteiger charge is 2.47. The summed E-state index contributed by atoms with van der Waals surface area (Å²) < 4.78 is 5.44. The van der Waals surface area contributed by atoms with E-state index in [2.05, 4.69) is 5.32 Å². The Bertz CT molecular complexity index is 327. The summed E-state index contributed by atoms with van der Waals surface area (Å²) in [6.45, 7) is 0.397. The fourth-order valence-corrected chi connectivity index (χ4v) is 2.31. The number of amides is 1. The molecule has 2 rings (SSSR count). The Hall–Kier alpha value is -1.14. The van der Waals surface area contributed by atoms with Gasteiger partial charge in [-0.2, -0.15) is 0 Å². The third-order valence-corrected chi connectivity index (χ3v) is 3.64. The number of carbonyl (C=O) groups is 2. The fraction of sp³-hybridized carbons (Fsp3) is 0.818. The normalized spacial score (nSPS) is 30.6. The second-order valence-electron chi connectivity index (χ2n) is 4.79. The predicted molar refractivity (Wildman–Crippen MR) is 59.3 cm³/mol. The molecule has 6 heteroatoms. The molecule has 2 aliphatic rings. The van der Waals surface area contributed by atoms with Gasteiger partial charge in [-0.3, -0.25) is 4.79 Å². The Morgan fingerprint density at radius 2 is 2.12 bits per heavy atom. The van der Waals surface area contributed by atoms with Gasteiger partial charge in [-0.1, -0.05) is 0 Å². The summed E-state index contributed by atoms with van der Waals surface area (Å²) in [4.78, 5) is 23.0. The van der Waals surface area contributed by atoms with Crippen molar-refractivity contribution in [3.05, 3.63) is 0 Å². The summed E-state index contributed by atoms with van der Waals surface area (Å²) in [5.41, 5.74) is 4.40. The molecule has 1 amide bonds. The van der Waals surface area contributed by atoms with Crippen LogP contribution in [0.3, 0.4) is 0 Å². The number of carboxylic acids is 1. The van der Waals surface area contributed by atoms with Gasteiger partial charge in [0.2, 0.25) is 5.91 Å². The van der Waals surface area contributed by atoms with E-state index in [4.69, 9.17) is 15.6 Å². The molecule has 0 spiro atoms. The van der Waals surface area contributed by atoms with Crippen LogP contribution in [-0.4, -0.2) is 41.3 Å². The van der Waals surface area contributed by atoms with Gasteiger partial charge in [-0.25, -0.2) is 4.79 Å². The van der Waals surface area contributed by atoms with Crippen molar-refractivity contribution in [2.75, 3.05) is 6.54 Å². The van der Waals surface area contributed by atoms with Crippen molar-refractivity contribution < 1.29 is 19.4 Å². The summed E-state index contributed by atoms with van der Waals surface area (Å²) >= 11 is 0. The summed E-state index contributed by atoms with van der Waals surface area (Å²) in [5.74, 6) is -1.27. The van der Waals surface area contributed by atoms with E-state index in [1.165, 1.54) is 0 Å². The Kier molecular flexibility index (Phi) is 3.35. The van der Waals surface area contributed by atoms with E-state index in [1.807, 2.05) is 0 Å². The number of rotatable bonds is 4. The molecule has 1 aliphatic heterocycles. The lowest BCUT2D eigenvalue weighted by molar-refractivity contribution is -0.154. The first-order chi connectivity index (χ1) is 8.07. The van der Waals surface area contributed by atoms with Crippen LogP contribution in [0.2, 0.25) is 0 Å². The number of hydrogen-bond acceptors (Lipinski definition) is 4. The number of nitrogens with two attached hydrogens (primary N) is 1. The highest BCUT2D eigenvalue weighted by molar-refractivity contribution is 5.89.